The molecule has 2 fully saturated rings. The Bertz CT molecular complexity index is 618. The van der Waals surface area contributed by atoms with Crippen LogP contribution in [-0.4, -0.2) is 37.2 Å². The number of benzene rings is 1. The molecule has 3 aliphatic heterocycles. The SMILES string of the molecule is CC(=O)N1c2ccc(N3CC4CCC(C3)O4)cc2CC(C)[C@@H]1C. The molecule has 4 heteroatoms. The van der Waals surface area contributed by atoms with E-state index in [1.54, 1.807) is 6.92 Å². The van der Waals surface area contributed by atoms with Crippen LogP contribution in [0.4, 0.5) is 11.4 Å². The van der Waals surface area contributed by atoms with Gasteiger partial charge in [0.15, 0.2) is 0 Å². The molecule has 1 aromatic rings. The van der Waals surface area contributed by atoms with E-state index < -0.39 is 0 Å². The summed E-state index contributed by atoms with van der Waals surface area (Å²) < 4.78 is 5.95. The smallest absolute Gasteiger partial charge is 0.224 e. The molecule has 3 unspecified atom stereocenters. The number of nitrogens with zero attached hydrogens (tertiary/aromatic N) is 2. The molecule has 2 bridgehead atoms. The van der Waals surface area contributed by atoms with Crippen LogP contribution in [0.15, 0.2) is 18.2 Å². The molecule has 0 aliphatic carbocycles. The largest absolute Gasteiger partial charge is 0.371 e. The maximum absolute atomic E-state index is 12.1. The first-order valence-corrected chi connectivity index (χ1v) is 8.86. The Labute approximate surface area is 138 Å². The summed E-state index contributed by atoms with van der Waals surface area (Å²) in [4.78, 5) is 16.5. The molecule has 0 spiro atoms. The molecular formula is C19H26N2O2. The van der Waals surface area contributed by atoms with Gasteiger partial charge in [0, 0.05) is 37.4 Å². The molecule has 1 aromatic carbocycles. The lowest BCUT2D eigenvalue weighted by Crippen LogP contribution is -2.45. The molecule has 0 saturated carbocycles. The van der Waals surface area contributed by atoms with Gasteiger partial charge in [-0.1, -0.05) is 6.92 Å². The van der Waals surface area contributed by atoms with Crippen LogP contribution >= 0.6 is 0 Å². The standard InChI is InChI=1S/C19H26N2O2/c1-12-8-15-9-16(20-10-17-5-6-18(11-20)23-17)4-7-19(15)21(13(12)2)14(3)22/h4,7,9,12-13,17-18H,5-6,8,10-11H2,1-3H3/t12?,13-,17?,18?/m0/s1. The lowest BCUT2D eigenvalue weighted by molar-refractivity contribution is -0.117. The summed E-state index contributed by atoms with van der Waals surface area (Å²) in [5.41, 5.74) is 3.69. The highest BCUT2D eigenvalue weighted by Gasteiger charge is 2.35. The fourth-order valence-corrected chi connectivity index (χ4v) is 4.44. The van der Waals surface area contributed by atoms with Gasteiger partial charge in [-0.2, -0.15) is 0 Å². The molecule has 3 aliphatic rings. The molecule has 4 rings (SSSR count). The van der Waals surface area contributed by atoms with E-state index in [0.717, 1.165) is 25.2 Å². The quantitative estimate of drug-likeness (QED) is 0.799. The maximum atomic E-state index is 12.1. The number of amides is 1. The van der Waals surface area contributed by atoms with Crippen LogP contribution < -0.4 is 9.80 Å². The van der Waals surface area contributed by atoms with E-state index in [9.17, 15) is 4.79 Å². The van der Waals surface area contributed by atoms with Gasteiger partial charge >= 0.3 is 0 Å². The second-order valence-corrected chi connectivity index (χ2v) is 7.49. The average Bonchev–Trinajstić information content (AvgIpc) is 2.86. The van der Waals surface area contributed by atoms with Crippen LogP contribution in [0.3, 0.4) is 0 Å². The number of ether oxygens (including phenoxy) is 1. The number of hydrogen-bond donors (Lipinski definition) is 0. The first kappa shape index (κ1) is 15.0. The topological polar surface area (TPSA) is 32.8 Å². The number of rotatable bonds is 1. The van der Waals surface area contributed by atoms with E-state index in [2.05, 4.69) is 36.9 Å². The lowest BCUT2D eigenvalue weighted by Gasteiger charge is -2.40. The third-order valence-electron chi connectivity index (χ3n) is 5.84. The molecule has 124 valence electrons. The molecule has 1 amide bonds. The van der Waals surface area contributed by atoms with Crippen molar-refractivity contribution in [3.05, 3.63) is 23.8 Å². The molecule has 0 aromatic heterocycles. The highest BCUT2D eigenvalue weighted by atomic mass is 16.5. The minimum Gasteiger partial charge on any atom is -0.371 e. The van der Waals surface area contributed by atoms with Gasteiger partial charge in [-0.15, -0.1) is 0 Å². The van der Waals surface area contributed by atoms with Crippen molar-refractivity contribution in [1.82, 2.24) is 0 Å². The first-order valence-electron chi connectivity index (χ1n) is 8.86. The number of hydrogen-bond acceptors (Lipinski definition) is 3. The van der Waals surface area contributed by atoms with Gasteiger partial charge in [0.05, 0.1) is 12.2 Å². The maximum Gasteiger partial charge on any atom is 0.224 e. The van der Waals surface area contributed by atoms with Crippen molar-refractivity contribution < 1.29 is 9.53 Å². The normalized spacial score (nSPS) is 32.8. The first-order chi connectivity index (χ1) is 11.0. The third-order valence-corrected chi connectivity index (χ3v) is 5.84. The zero-order chi connectivity index (χ0) is 16.1. The Balaban J connectivity index is 1.65. The van der Waals surface area contributed by atoms with Crippen molar-refractivity contribution in [3.8, 4) is 0 Å². The van der Waals surface area contributed by atoms with Crippen molar-refractivity contribution in [2.75, 3.05) is 22.9 Å². The molecule has 4 atom stereocenters. The van der Waals surface area contributed by atoms with Crippen LogP contribution in [0.5, 0.6) is 0 Å². The molecule has 0 radical (unpaired) electrons. The van der Waals surface area contributed by atoms with E-state index in [0.29, 0.717) is 18.1 Å². The molecular weight excluding hydrogens is 288 g/mol. The number of fused-ring (bicyclic) bond motifs is 3. The van der Waals surface area contributed by atoms with E-state index in [-0.39, 0.29) is 11.9 Å². The Morgan fingerprint density at radius 1 is 1.17 bits per heavy atom. The number of carbonyl (C=O) groups is 1. The average molecular weight is 314 g/mol. The molecule has 0 N–H and O–H groups in total. The predicted octanol–water partition coefficient (Wildman–Crippen LogP) is 2.99. The Morgan fingerprint density at radius 3 is 2.52 bits per heavy atom. The molecule has 4 nitrogen and oxygen atoms in total. The molecule has 23 heavy (non-hydrogen) atoms. The van der Waals surface area contributed by atoms with Crippen LogP contribution in [0.25, 0.3) is 0 Å². The van der Waals surface area contributed by atoms with Crippen molar-refractivity contribution >= 4 is 17.3 Å². The highest BCUT2D eigenvalue weighted by Crippen LogP contribution is 2.37. The van der Waals surface area contributed by atoms with E-state index >= 15 is 0 Å². The Kier molecular flexibility index (Phi) is 3.60. The minimum atomic E-state index is 0.141. The lowest BCUT2D eigenvalue weighted by atomic mass is 9.87. The van der Waals surface area contributed by atoms with Gasteiger partial charge in [-0.3, -0.25) is 4.79 Å². The summed E-state index contributed by atoms with van der Waals surface area (Å²) in [5, 5.41) is 0. The van der Waals surface area contributed by atoms with Gasteiger partial charge in [-0.25, -0.2) is 0 Å². The summed E-state index contributed by atoms with van der Waals surface area (Å²) in [7, 11) is 0. The van der Waals surface area contributed by atoms with Gasteiger partial charge < -0.3 is 14.5 Å². The number of morpholine rings is 1. The zero-order valence-electron chi connectivity index (χ0n) is 14.3. The van der Waals surface area contributed by atoms with Crippen molar-refractivity contribution in [2.24, 2.45) is 5.92 Å². The van der Waals surface area contributed by atoms with E-state index in [1.807, 2.05) is 4.90 Å². The van der Waals surface area contributed by atoms with Crippen LogP contribution in [-0.2, 0) is 16.0 Å². The van der Waals surface area contributed by atoms with Crippen LogP contribution in [0, 0.1) is 5.92 Å². The van der Waals surface area contributed by atoms with Gasteiger partial charge in [-0.05, 0) is 55.9 Å². The summed E-state index contributed by atoms with van der Waals surface area (Å²) in [6.07, 6.45) is 4.23. The van der Waals surface area contributed by atoms with Gasteiger partial charge in [0.1, 0.15) is 0 Å². The van der Waals surface area contributed by atoms with Gasteiger partial charge in [0.25, 0.3) is 0 Å². The van der Waals surface area contributed by atoms with E-state index in [1.165, 1.54) is 24.1 Å². The minimum absolute atomic E-state index is 0.141. The number of anilines is 2. The van der Waals surface area contributed by atoms with Crippen molar-refractivity contribution in [1.29, 1.82) is 0 Å². The summed E-state index contributed by atoms with van der Waals surface area (Å²) in [6, 6.07) is 6.90. The van der Waals surface area contributed by atoms with E-state index in [4.69, 9.17) is 4.74 Å². The fourth-order valence-electron chi connectivity index (χ4n) is 4.44. The monoisotopic (exact) mass is 314 g/mol. The zero-order valence-corrected chi connectivity index (χ0v) is 14.3. The van der Waals surface area contributed by atoms with Crippen molar-refractivity contribution in [3.63, 3.8) is 0 Å². The Hall–Kier alpha value is -1.55. The second kappa shape index (κ2) is 5.52. The van der Waals surface area contributed by atoms with Crippen LogP contribution in [0.1, 0.15) is 39.2 Å². The third kappa shape index (κ3) is 2.53. The summed E-state index contributed by atoms with van der Waals surface area (Å²) in [6.45, 7) is 8.06. The van der Waals surface area contributed by atoms with Crippen molar-refractivity contribution in [2.45, 2.75) is 58.3 Å². The van der Waals surface area contributed by atoms with Gasteiger partial charge in [0.2, 0.25) is 5.91 Å². The Morgan fingerprint density at radius 2 is 1.87 bits per heavy atom. The predicted molar refractivity (Wildman–Crippen MR) is 92.0 cm³/mol. The highest BCUT2D eigenvalue weighted by molar-refractivity contribution is 5.94. The summed E-state index contributed by atoms with van der Waals surface area (Å²) in [5.74, 6) is 0.630. The summed E-state index contributed by atoms with van der Waals surface area (Å²) >= 11 is 0. The second-order valence-electron chi connectivity index (χ2n) is 7.49. The van der Waals surface area contributed by atoms with Crippen LogP contribution in [0.2, 0.25) is 0 Å². The molecule has 3 heterocycles. The molecule has 2 saturated heterocycles. The number of carbonyl (C=O) groups excluding carboxylic acids is 1. The fraction of sp³-hybridized carbons (Fsp3) is 0.632.